The first-order chi connectivity index (χ1) is 8.87. The lowest BCUT2D eigenvalue weighted by Crippen LogP contribution is -2.53. The van der Waals surface area contributed by atoms with Crippen LogP contribution in [0.4, 0.5) is 0 Å². The van der Waals surface area contributed by atoms with Crippen molar-refractivity contribution in [1.82, 2.24) is 0 Å². The van der Waals surface area contributed by atoms with Crippen LogP contribution in [0.2, 0.25) is 0 Å². The highest BCUT2D eigenvalue weighted by Crippen LogP contribution is 2.48. The summed E-state index contributed by atoms with van der Waals surface area (Å²) in [5.74, 6) is -0.855. The summed E-state index contributed by atoms with van der Waals surface area (Å²) >= 11 is 0. The van der Waals surface area contributed by atoms with Crippen LogP contribution in [0.15, 0.2) is 0 Å². The van der Waals surface area contributed by atoms with Crippen molar-refractivity contribution in [3.63, 3.8) is 0 Å². The predicted octanol–water partition coefficient (Wildman–Crippen LogP) is 4.78. The normalized spacial score (nSPS) is 22.8. The summed E-state index contributed by atoms with van der Waals surface area (Å²) in [6.07, 6.45) is 4.01. The van der Waals surface area contributed by atoms with Crippen molar-refractivity contribution in [2.24, 2.45) is 5.41 Å². The van der Waals surface area contributed by atoms with E-state index in [9.17, 15) is 0 Å². The first-order valence-corrected chi connectivity index (χ1v) is 7.61. The Morgan fingerprint density at radius 3 is 1.45 bits per heavy atom. The summed E-state index contributed by atoms with van der Waals surface area (Å²) in [5, 5.41) is 0. The molecule has 20 heavy (non-hydrogen) atoms. The van der Waals surface area contributed by atoms with E-state index >= 15 is 0 Å². The topological polar surface area (TPSA) is 36.9 Å². The van der Waals surface area contributed by atoms with E-state index in [1.54, 1.807) is 0 Å². The molecule has 0 aromatic rings. The molecule has 1 rings (SSSR count). The van der Waals surface area contributed by atoms with Gasteiger partial charge in [0, 0.05) is 11.8 Å². The summed E-state index contributed by atoms with van der Waals surface area (Å²) < 4.78 is 0. The van der Waals surface area contributed by atoms with Gasteiger partial charge in [-0.1, -0.05) is 20.3 Å². The number of hydrogen-bond acceptors (Lipinski definition) is 4. The van der Waals surface area contributed by atoms with Crippen molar-refractivity contribution in [1.29, 1.82) is 0 Å². The maximum Gasteiger partial charge on any atom is 0.238 e. The van der Waals surface area contributed by atoms with Gasteiger partial charge in [-0.2, -0.15) is 9.78 Å². The third kappa shape index (κ3) is 4.99. The summed E-state index contributed by atoms with van der Waals surface area (Å²) in [6.45, 7) is 16.0. The quantitative estimate of drug-likeness (QED) is 0.424. The molecule has 1 aliphatic rings. The molecule has 0 N–H and O–H groups in total. The van der Waals surface area contributed by atoms with Crippen LogP contribution in [0, 0.1) is 5.41 Å². The predicted molar refractivity (Wildman–Crippen MR) is 78.8 cm³/mol. The van der Waals surface area contributed by atoms with E-state index in [4.69, 9.17) is 19.6 Å². The Morgan fingerprint density at radius 1 is 0.700 bits per heavy atom. The van der Waals surface area contributed by atoms with Crippen LogP contribution < -0.4 is 0 Å². The van der Waals surface area contributed by atoms with Gasteiger partial charge >= 0.3 is 0 Å². The monoisotopic (exact) mass is 288 g/mol. The molecule has 0 radical (unpaired) electrons. The lowest BCUT2D eigenvalue weighted by Gasteiger charge is -2.47. The fourth-order valence-corrected chi connectivity index (χ4v) is 2.16. The Hall–Kier alpha value is -0.160. The molecule has 0 aromatic heterocycles. The maximum absolute atomic E-state index is 5.80. The molecule has 0 amide bonds. The van der Waals surface area contributed by atoms with Gasteiger partial charge in [0.15, 0.2) is 0 Å². The molecule has 0 saturated heterocycles. The fourth-order valence-electron chi connectivity index (χ4n) is 2.16. The largest absolute Gasteiger partial charge is 0.238 e. The maximum atomic E-state index is 5.80. The van der Waals surface area contributed by atoms with E-state index in [1.807, 2.05) is 41.5 Å². The van der Waals surface area contributed by atoms with Crippen LogP contribution in [0.1, 0.15) is 81.1 Å². The van der Waals surface area contributed by atoms with Crippen LogP contribution in [-0.2, 0) is 19.6 Å². The van der Waals surface area contributed by atoms with Gasteiger partial charge in [0.1, 0.15) is 0 Å². The van der Waals surface area contributed by atoms with Crippen molar-refractivity contribution in [2.75, 3.05) is 0 Å². The Bertz CT molecular complexity index is 291. The molecule has 0 spiro atoms. The Morgan fingerprint density at radius 2 is 1.10 bits per heavy atom. The summed E-state index contributed by atoms with van der Waals surface area (Å²) in [5.41, 5.74) is -0.932. The highest BCUT2D eigenvalue weighted by atomic mass is 17.3. The molecule has 4 heteroatoms. The molecule has 0 unspecified atom stereocenters. The first kappa shape index (κ1) is 17.9. The van der Waals surface area contributed by atoms with Gasteiger partial charge in [0.2, 0.25) is 5.79 Å². The average molecular weight is 288 g/mol. The van der Waals surface area contributed by atoms with Gasteiger partial charge in [-0.3, -0.25) is 0 Å². The van der Waals surface area contributed by atoms with Gasteiger partial charge in [0.25, 0.3) is 0 Å². The van der Waals surface area contributed by atoms with E-state index in [0.29, 0.717) is 0 Å². The van der Waals surface area contributed by atoms with Crippen LogP contribution in [0.5, 0.6) is 0 Å². The lowest BCUT2D eigenvalue weighted by molar-refractivity contribution is -0.565. The minimum atomic E-state index is -0.855. The highest BCUT2D eigenvalue weighted by Gasteiger charge is 2.53. The van der Waals surface area contributed by atoms with Gasteiger partial charge < -0.3 is 0 Å². The second-order valence-corrected chi connectivity index (χ2v) is 8.40. The van der Waals surface area contributed by atoms with Crippen molar-refractivity contribution in [2.45, 2.75) is 98.1 Å². The SMILES string of the molecule is CC(C)(C)OOC1(OOC(C)(C)C)CCCCC1(C)C. The highest BCUT2D eigenvalue weighted by molar-refractivity contribution is 4.90. The molecule has 1 aliphatic carbocycles. The Kier molecular flexibility index (Phi) is 5.29. The minimum Gasteiger partial charge on any atom is -0.228 e. The summed E-state index contributed by atoms with van der Waals surface area (Å²) in [6, 6.07) is 0. The van der Waals surface area contributed by atoms with Gasteiger partial charge in [-0.25, -0.2) is 9.78 Å². The van der Waals surface area contributed by atoms with Crippen molar-refractivity contribution in [3.8, 4) is 0 Å². The van der Waals surface area contributed by atoms with E-state index in [-0.39, 0.29) is 16.6 Å². The van der Waals surface area contributed by atoms with Gasteiger partial charge in [-0.05, 0) is 54.4 Å². The van der Waals surface area contributed by atoms with E-state index in [0.717, 1.165) is 19.3 Å². The molecule has 0 aliphatic heterocycles. The third-order valence-corrected chi connectivity index (χ3v) is 3.44. The molecular weight excluding hydrogens is 256 g/mol. The zero-order chi connectivity index (χ0) is 15.7. The van der Waals surface area contributed by atoms with Crippen LogP contribution in [0.25, 0.3) is 0 Å². The van der Waals surface area contributed by atoms with Crippen molar-refractivity contribution in [3.05, 3.63) is 0 Å². The molecule has 0 bridgehead atoms. The zero-order valence-corrected chi connectivity index (χ0v) is 14.5. The first-order valence-electron chi connectivity index (χ1n) is 7.61. The van der Waals surface area contributed by atoms with Gasteiger partial charge in [0.05, 0.1) is 11.2 Å². The van der Waals surface area contributed by atoms with Crippen LogP contribution >= 0.6 is 0 Å². The van der Waals surface area contributed by atoms with Crippen LogP contribution in [0.3, 0.4) is 0 Å². The van der Waals surface area contributed by atoms with E-state index < -0.39 is 5.79 Å². The summed E-state index contributed by atoms with van der Waals surface area (Å²) in [4.78, 5) is 22.7. The minimum absolute atomic E-state index is 0.165. The molecule has 120 valence electrons. The molecule has 0 heterocycles. The molecular formula is C16H32O4. The molecule has 0 atom stereocenters. The van der Waals surface area contributed by atoms with E-state index in [2.05, 4.69) is 13.8 Å². The average Bonchev–Trinajstić information content (AvgIpc) is 2.23. The molecule has 4 nitrogen and oxygen atoms in total. The zero-order valence-electron chi connectivity index (χ0n) is 14.5. The summed E-state index contributed by atoms with van der Waals surface area (Å²) in [7, 11) is 0. The van der Waals surface area contributed by atoms with Gasteiger partial charge in [-0.15, -0.1) is 0 Å². The second kappa shape index (κ2) is 5.91. The van der Waals surface area contributed by atoms with Crippen molar-refractivity contribution < 1.29 is 19.6 Å². The number of hydrogen-bond donors (Lipinski definition) is 0. The fraction of sp³-hybridized carbons (Fsp3) is 1.00. The molecule has 1 fully saturated rings. The van der Waals surface area contributed by atoms with E-state index in [1.165, 1.54) is 6.42 Å². The van der Waals surface area contributed by atoms with Crippen molar-refractivity contribution >= 4 is 0 Å². The molecule has 0 aromatic carbocycles. The van der Waals surface area contributed by atoms with Crippen LogP contribution in [-0.4, -0.2) is 17.0 Å². The lowest BCUT2D eigenvalue weighted by atomic mass is 9.72. The smallest absolute Gasteiger partial charge is 0.228 e. The molecule has 1 saturated carbocycles. The number of rotatable bonds is 4. The third-order valence-electron chi connectivity index (χ3n) is 3.44. The Labute approximate surface area is 124 Å². The standard InChI is InChI=1S/C16H32O4/c1-13(2,3)17-19-16(20-18-14(4,5)6)12-10-9-11-15(16,7)8/h9-12H2,1-8H3. The second-order valence-electron chi connectivity index (χ2n) is 8.40. The Balaban J connectivity index is 2.87.